The van der Waals surface area contributed by atoms with E-state index in [2.05, 4.69) is 58.3 Å². The molecule has 2 aliphatic heterocycles. The van der Waals surface area contributed by atoms with Gasteiger partial charge >= 0.3 is 0 Å². The summed E-state index contributed by atoms with van der Waals surface area (Å²) in [7, 11) is 1.79. The van der Waals surface area contributed by atoms with Crippen LogP contribution in [-0.2, 0) is 10.5 Å². The third kappa shape index (κ3) is 3.63. The minimum absolute atomic E-state index is 0.381. The van der Waals surface area contributed by atoms with Gasteiger partial charge in [-0.15, -0.1) is 11.8 Å². The largest absolute Gasteiger partial charge is 0.383 e. The Morgan fingerprint density at radius 2 is 1.68 bits per heavy atom. The number of hydrogen-bond donors (Lipinski definition) is 0. The molecular weight excluding hydrogens is 328 g/mol. The molecule has 0 amide bonds. The Kier molecular flexibility index (Phi) is 5.42. The van der Waals surface area contributed by atoms with E-state index in [4.69, 9.17) is 4.74 Å². The number of benzene rings is 2. The van der Waals surface area contributed by atoms with E-state index in [0.29, 0.717) is 6.04 Å². The second kappa shape index (κ2) is 7.92. The van der Waals surface area contributed by atoms with Crippen LogP contribution in [0.1, 0.15) is 22.7 Å². The van der Waals surface area contributed by atoms with Crippen molar-refractivity contribution < 1.29 is 4.74 Å². The SMILES string of the molecule is COCCN1CCN([C@H]2c3ccccc3CSc3ccccc32)CC1. The highest BCUT2D eigenvalue weighted by Gasteiger charge is 2.30. The average molecular weight is 355 g/mol. The van der Waals surface area contributed by atoms with E-state index in [9.17, 15) is 0 Å². The van der Waals surface area contributed by atoms with Crippen molar-refractivity contribution in [2.75, 3.05) is 46.4 Å². The highest BCUT2D eigenvalue weighted by atomic mass is 32.2. The van der Waals surface area contributed by atoms with Crippen LogP contribution in [0.3, 0.4) is 0 Å². The number of nitrogens with zero attached hydrogens (tertiary/aromatic N) is 2. The van der Waals surface area contributed by atoms with Crippen LogP contribution in [0, 0.1) is 0 Å². The molecule has 1 saturated heterocycles. The van der Waals surface area contributed by atoms with Gasteiger partial charge in [0.25, 0.3) is 0 Å². The van der Waals surface area contributed by atoms with Crippen molar-refractivity contribution in [3.8, 4) is 0 Å². The molecule has 4 heteroatoms. The van der Waals surface area contributed by atoms with E-state index in [1.807, 2.05) is 11.8 Å². The lowest BCUT2D eigenvalue weighted by Gasteiger charge is -2.40. The van der Waals surface area contributed by atoms with Gasteiger partial charge in [0.05, 0.1) is 12.6 Å². The molecule has 0 aromatic heterocycles. The van der Waals surface area contributed by atoms with Gasteiger partial charge in [0.2, 0.25) is 0 Å². The van der Waals surface area contributed by atoms with Gasteiger partial charge in [-0.3, -0.25) is 9.80 Å². The maximum atomic E-state index is 5.24. The molecule has 132 valence electrons. The van der Waals surface area contributed by atoms with Crippen LogP contribution in [0.4, 0.5) is 0 Å². The van der Waals surface area contributed by atoms with E-state index in [0.717, 1.165) is 45.1 Å². The quantitative estimate of drug-likeness (QED) is 0.832. The van der Waals surface area contributed by atoms with Gasteiger partial charge in [-0.25, -0.2) is 0 Å². The first-order valence-corrected chi connectivity index (χ1v) is 10.1. The number of hydrogen-bond acceptors (Lipinski definition) is 4. The zero-order chi connectivity index (χ0) is 17.1. The van der Waals surface area contributed by atoms with Gasteiger partial charge in [0, 0.05) is 50.5 Å². The summed E-state index contributed by atoms with van der Waals surface area (Å²) < 4.78 is 5.24. The molecule has 0 bridgehead atoms. The lowest BCUT2D eigenvalue weighted by molar-refractivity contribution is 0.0826. The summed E-state index contributed by atoms with van der Waals surface area (Å²) in [4.78, 5) is 6.63. The highest BCUT2D eigenvalue weighted by Crippen LogP contribution is 2.42. The molecule has 0 spiro atoms. The number of methoxy groups -OCH3 is 1. The number of ether oxygens (including phenoxy) is 1. The molecular formula is C21H26N2OS. The lowest BCUT2D eigenvalue weighted by atomic mass is 9.93. The Morgan fingerprint density at radius 1 is 0.960 bits per heavy atom. The van der Waals surface area contributed by atoms with Gasteiger partial charge in [-0.2, -0.15) is 0 Å². The molecule has 0 saturated carbocycles. The van der Waals surface area contributed by atoms with E-state index >= 15 is 0 Å². The molecule has 2 aromatic carbocycles. The first kappa shape index (κ1) is 17.1. The van der Waals surface area contributed by atoms with Gasteiger partial charge in [0.15, 0.2) is 0 Å². The zero-order valence-electron chi connectivity index (χ0n) is 14.9. The fourth-order valence-corrected chi connectivity index (χ4v) is 5.05. The number of rotatable bonds is 4. The standard InChI is InChI=1S/C21H26N2OS/c1-24-15-14-22-10-12-23(13-11-22)21-18-7-3-2-6-17(18)16-25-20-9-5-4-8-19(20)21/h2-9,21H,10-16H2,1H3/t21-/m0/s1. The molecule has 0 aliphatic carbocycles. The van der Waals surface area contributed by atoms with Crippen molar-refractivity contribution in [3.63, 3.8) is 0 Å². The Hall–Kier alpha value is -1.33. The molecule has 1 fully saturated rings. The lowest BCUT2D eigenvalue weighted by Crippen LogP contribution is -2.48. The Morgan fingerprint density at radius 3 is 2.48 bits per heavy atom. The second-order valence-electron chi connectivity index (χ2n) is 6.80. The van der Waals surface area contributed by atoms with E-state index in [1.165, 1.54) is 21.6 Å². The summed E-state index contributed by atoms with van der Waals surface area (Å²) in [6.45, 7) is 6.34. The average Bonchev–Trinajstić information content (AvgIpc) is 2.84. The molecule has 3 nitrogen and oxygen atoms in total. The summed E-state index contributed by atoms with van der Waals surface area (Å²) in [6.07, 6.45) is 0. The summed E-state index contributed by atoms with van der Waals surface area (Å²) >= 11 is 1.98. The smallest absolute Gasteiger partial charge is 0.0616 e. The van der Waals surface area contributed by atoms with Gasteiger partial charge in [-0.1, -0.05) is 42.5 Å². The summed E-state index contributed by atoms with van der Waals surface area (Å²) in [6, 6.07) is 18.4. The fourth-order valence-electron chi connectivity index (χ4n) is 3.95. The maximum absolute atomic E-state index is 5.24. The predicted molar refractivity (Wildman–Crippen MR) is 104 cm³/mol. The molecule has 0 radical (unpaired) electrons. The number of piperazine rings is 1. The minimum Gasteiger partial charge on any atom is -0.383 e. The van der Waals surface area contributed by atoms with Crippen molar-refractivity contribution in [2.24, 2.45) is 0 Å². The Bertz CT molecular complexity index is 665. The monoisotopic (exact) mass is 354 g/mol. The topological polar surface area (TPSA) is 15.7 Å². The van der Waals surface area contributed by atoms with Crippen molar-refractivity contribution in [3.05, 3.63) is 65.2 Å². The van der Waals surface area contributed by atoms with Crippen molar-refractivity contribution in [1.82, 2.24) is 9.80 Å². The Balaban J connectivity index is 1.62. The van der Waals surface area contributed by atoms with Crippen LogP contribution in [0.15, 0.2) is 53.4 Å². The minimum atomic E-state index is 0.381. The maximum Gasteiger partial charge on any atom is 0.0616 e. The predicted octanol–water partition coefficient (Wildman–Crippen LogP) is 3.65. The third-order valence-electron chi connectivity index (χ3n) is 5.33. The normalized spacial score (nSPS) is 21.4. The van der Waals surface area contributed by atoms with Crippen LogP contribution in [0.5, 0.6) is 0 Å². The zero-order valence-corrected chi connectivity index (χ0v) is 15.7. The van der Waals surface area contributed by atoms with Crippen molar-refractivity contribution in [2.45, 2.75) is 16.7 Å². The highest BCUT2D eigenvalue weighted by molar-refractivity contribution is 7.98. The van der Waals surface area contributed by atoms with Crippen LogP contribution < -0.4 is 0 Å². The van der Waals surface area contributed by atoms with Crippen LogP contribution in [0.2, 0.25) is 0 Å². The molecule has 0 unspecified atom stereocenters. The number of fused-ring (bicyclic) bond motifs is 2. The summed E-state index contributed by atoms with van der Waals surface area (Å²) in [5.74, 6) is 1.07. The number of thioether (sulfide) groups is 1. The molecule has 2 aliphatic rings. The third-order valence-corrected chi connectivity index (χ3v) is 6.47. The van der Waals surface area contributed by atoms with E-state index in [-0.39, 0.29) is 0 Å². The van der Waals surface area contributed by atoms with Gasteiger partial charge < -0.3 is 4.74 Å². The van der Waals surface area contributed by atoms with Crippen molar-refractivity contribution in [1.29, 1.82) is 0 Å². The molecule has 2 aromatic rings. The van der Waals surface area contributed by atoms with Crippen molar-refractivity contribution >= 4 is 11.8 Å². The molecule has 0 N–H and O–H groups in total. The summed E-state index contributed by atoms with van der Waals surface area (Å²) in [5, 5.41) is 0. The van der Waals surface area contributed by atoms with Crippen LogP contribution >= 0.6 is 11.8 Å². The van der Waals surface area contributed by atoms with Crippen LogP contribution in [0.25, 0.3) is 0 Å². The molecule has 2 heterocycles. The molecule has 25 heavy (non-hydrogen) atoms. The second-order valence-corrected chi connectivity index (χ2v) is 7.82. The Labute approximate surface area is 155 Å². The molecule has 1 atom stereocenters. The van der Waals surface area contributed by atoms with Crippen LogP contribution in [-0.4, -0.2) is 56.2 Å². The van der Waals surface area contributed by atoms with E-state index < -0.39 is 0 Å². The van der Waals surface area contributed by atoms with Gasteiger partial charge in [-0.05, 0) is 22.8 Å². The van der Waals surface area contributed by atoms with E-state index in [1.54, 1.807) is 7.11 Å². The molecule has 4 rings (SSSR count). The first-order valence-electron chi connectivity index (χ1n) is 9.11. The van der Waals surface area contributed by atoms with Gasteiger partial charge in [0.1, 0.15) is 0 Å². The summed E-state index contributed by atoms with van der Waals surface area (Å²) in [5.41, 5.74) is 4.45. The fraction of sp³-hybridized carbons (Fsp3) is 0.429. The first-order chi connectivity index (χ1) is 12.4.